The predicted molar refractivity (Wildman–Crippen MR) is 199 cm³/mol. The first-order chi connectivity index (χ1) is 26.4. The monoisotopic (exact) mass is 817 g/mol. The molecule has 0 unspecified atom stereocenters. The number of aliphatic hydroxyl groups is 2. The topological polar surface area (TPSA) is 402 Å². The number of aliphatic carboxylic acids is 2. The largest absolute Gasteiger partial charge is 0.481 e. The summed E-state index contributed by atoms with van der Waals surface area (Å²) in [6, 6.07) is -10.8. The normalized spacial score (nSPS) is 15.8. The molecule has 23 nitrogen and oxygen atoms in total. The molecule has 0 fully saturated rings. The molecule has 324 valence electrons. The number of amides is 8. The fraction of sp³-hybridized carbons (Fsp3) is 0.706. The number of primary amides is 2. The molecule has 0 radical (unpaired) electrons. The van der Waals surface area contributed by atoms with Crippen LogP contribution in [0.25, 0.3) is 0 Å². The average Bonchev–Trinajstić information content (AvgIpc) is 3.11. The van der Waals surface area contributed by atoms with Crippen LogP contribution in [0.2, 0.25) is 0 Å². The summed E-state index contributed by atoms with van der Waals surface area (Å²) in [4.78, 5) is 125. The van der Waals surface area contributed by atoms with Crippen LogP contribution < -0.4 is 49.1 Å². The lowest BCUT2D eigenvalue weighted by Gasteiger charge is -2.28. The number of carboxylic acid groups (broad SMARTS) is 2. The van der Waals surface area contributed by atoms with Gasteiger partial charge in [-0.25, -0.2) is 4.79 Å². The minimum absolute atomic E-state index is 0.0464. The first kappa shape index (κ1) is 51.6. The molecule has 0 saturated heterocycles. The molecule has 16 N–H and O–H groups in total. The van der Waals surface area contributed by atoms with E-state index in [1.807, 2.05) is 0 Å². The van der Waals surface area contributed by atoms with Crippen molar-refractivity contribution in [2.45, 2.75) is 134 Å². The summed E-state index contributed by atoms with van der Waals surface area (Å²) in [5.41, 5.74) is 16.2. The zero-order chi connectivity index (χ0) is 44.2. The molecular formula is C34H59N9O14. The van der Waals surface area contributed by atoms with E-state index in [-0.39, 0.29) is 25.2 Å². The Labute approximate surface area is 329 Å². The Morgan fingerprint density at radius 2 is 0.982 bits per heavy atom. The van der Waals surface area contributed by atoms with Crippen molar-refractivity contribution < 1.29 is 68.4 Å². The maximum absolute atomic E-state index is 13.6. The number of nitrogens with two attached hydrogens (primary N) is 3. The fourth-order valence-corrected chi connectivity index (χ4v) is 5.10. The van der Waals surface area contributed by atoms with E-state index in [9.17, 15) is 68.4 Å². The number of aliphatic hydroxyl groups excluding tert-OH is 2. The van der Waals surface area contributed by atoms with Gasteiger partial charge in [-0.2, -0.15) is 0 Å². The summed E-state index contributed by atoms with van der Waals surface area (Å²) in [6.45, 7) is 6.74. The Morgan fingerprint density at radius 1 is 0.561 bits per heavy atom. The Morgan fingerprint density at radius 3 is 1.42 bits per heavy atom. The van der Waals surface area contributed by atoms with Gasteiger partial charge in [0.15, 0.2) is 6.04 Å². The minimum Gasteiger partial charge on any atom is -0.481 e. The highest BCUT2D eigenvalue weighted by Gasteiger charge is 2.35. The first-order valence-electron chi connectivity index (χ1n) is 18.3. The number of carbonyl (C=O) groups is 10. The number of hydrogen-bond donors (Lipinski definition) is 13. The van der Waals surface area contributed by atoms with Crippen molar-refractivity contribution in [2.75, 3.05) is 6.61 Å². The molecule has 23 heteroatoms. The van der Waals surface area contributed by atoms with Crippen molar-refractivity contribution >= 4 is 59.2 Å². The van der Waals surface area contributed by atoms with Crippen molar-refractivity contribution in [1.29, 1.82) is 0 Å². The lowest BCUT2D eigenvalue weighted by atomic mass is 9.96. The number of rotatable bonds is 28. The van der Waals surface area contributed by atoms with Crippen molar-refractivity contribution in [3.05, 3.63) is 0 Å². The van der Waals surface area contributed by atoms with E-state index in [4.69, 9.17) is 17.2 Å². The van der Waals surface area contributed by atoms with Gasteiger partial charge < -0.3 is 69.5 Å². The van der Waals surface area contributed by atoms with Gasteiger partial charge in [0.25, 0.3) is 0 Å². The molecule has 0 spiro atoms. The van der Waals surface area contributed by atoms with E-state index in [2.05, 4.69) is 31.9 Å². The number of carboxylic acids is 2. The summed E-state index contributed by atoms with van der Waals surface area (Å²) in [5.74, 6) is -11.4. The van der Waals surface area contributed by atoms with Crippen LogP contribution in [0.5, 0.6) is 0 Å². The zero-order valence-corrected chi connectivity index (χ0v) is 32.7. The maximum atomic E-state index is 13.6. The fourth-order valence-electron chi connectivity index (χ4n) is 5.10. The molecule has 0 aromatic rings. The van der Waals surface area contributed by atoms with E-state index in [0.717, 1.165) is 6.92 Å². The highest BCUT2D eigenvalue weighted by Crippen LogP contribution is 2.12. The lowest BCUT2D eigenvalue weighted by molar-refractivity contribution is -0.145. The third-order valence-electron chi connectivity index (χ3n) is 8.63. The lowest BCUT2D eigenvalue weighted by Crippen LogP contribution is -2.61. The van der Waals surface area contributed by atoms with Crippen LogP contribution in [0.3, 0.4) is 0 Å². The Hall–Kier alpha value is -5.42. The van der Waals surface area contributed by atoms with Gasteiger partial charge in [-0.1, -0.05) is 34.1 Å². The van der Waals surface area contributed by atoms with Crippen molar-refractivity contribution in [1.82, 2.24) is 31.9 Å². The Kier molecular flexibility index (Phi) is 23.2. The summed E-state index contributed by atoms with van der Waals surface area (Å²) in [7, 11) is 0. The molecule has 0 aliphatic carbocycles. The van der Waals surface area contributed by atoms with Crippen molar-refractivity contribution in [2.24, 2.45) is 29.0 Å². The van der Waals surface area contributed by atoms with E-state index >= 15 is 0 Å². The van der Waals surface area contributed by atoms with E-state index in [1.54, 1.807) is 27.7 Å². The molecule has 0 bridgehead atoms. The SMILES string of the molecule is CC[C@H](C)[C@H](NC(=O)[C@@H](N)CCC(N)=O)C(=O)N[C@@H](CCC(N)=O)C(=O)N[C@@H](CCC(=O)O)C(=O)N[C@@H](CO)C(=O)N[C@@H](CC(C)C)C(=O)N[C@H](C(=O)O)[C@@H](C)O. The second kappa shape index (κ2) is 25.7. The molecule has 0 saturated carbocycles. The van der Waals surface area contributed by atoms with Gasteiger partial charge in [0, 0.05) is 19.3 Å². The van der Waals surface area contributed by atoms with Gasteiger partial charge in [-0.05, 0) is 44.4 Å². The summed E-state index contributed by atoms with van der Waals surface area (Å²) in [5, 5.41) is 52.2. The number of nitrogens with one attached hydrogen (secondary N) is 6. The summed E-state index contributed by atoms with van der Waals surface area (Å²) < 4.78 is 0. The van der Waals surface area contributed by atoms with Crippen molar-refractivity contribution in [3.8, 4) is 0 Å². The highest BCUT2D eigenvalue weighted by molar-refractivity contribution is 5.97. The van der Waals surface area contributed by atoms with Gasteiger partial charge in [-0.15, -0.1) is 0 Å². The molecule has 9 atom stereocenters. The van der Waals surface area contributed by atoms with Crippen LogP contribution in [-0.4, -0.2) is 135 Å². The molecule has 8 amide bonds. The predicted octanol–water partition coefficient (Wildman–Crippen LogP) is -4.83. The second-order valence-electron chi connectivity index (χ2n) is 14.0. The molecule has 57 heavy (non-hydrogen) atoms. The average molecular weight is 818 g/mol. The van der Waals surface area contributed by atoms with E-state index < -0.39 is 146 Å². The quantitative estimate of drug-likeness (QED) is 0.0352. The number of carbonyl (C=O) groups excluding carboxylic acids is 8. The Bertz CT molecular complexity index is 1440. The smallest absolute Gasteiger partial charge is 0.328 e. The molecule has 0 aromatic carbocycles. The zero-order valence-electron chi connectivity index (χ0n) is 32.7. The van der Waals surface area contributed by atoms with Crippen LogP contribution in [0, 0.1) is 11.8 Å². The highest BCUT2D eigenvalue weighted by atomic mass is 16.4. The van der Waals surface area contributed by atoms with Gasteiger partial charge in [0.2, 0.25) is 47.3 Å². The third-order valence-corrected chi connectivity index (χ3v) is 8.63. The van der Waals surface area contributed by atoms with Gasteiger partial charge in [-0.3, -0.25) is 43.2 Å². The molecule has 0 rings (SSSR count). The van der Waals surface area contributed by atoms with Crippen molar-refractivity contribution in [3.63, 3.8) is 0 Å². The maximum Gasteiger partial charge on any atom is 0.328 e. The molecular weight excluding hydrogens is 758 g/mol. The van der Waals surface area contributed by atoms with Gasteiger partial charge >= 0.3 is 11.9 Å². The number of hydrogen-bond acceptors (Lipinski definition) is 13. The van der Waals surface area contributed by atoms with Crippen LogP contribution >= 0.6 is 0 Å². The molecule has 0 aliphatic rings. The summed E-state index contributed by atoms with van der Waals surface area (Å²) in [6.07, 6.45) is -3.69. The van der Waals surface area contributed by atoms with E-state index in [1.165, 1.54) is 0 Å². The van der Waals surface area contributed by atoms with E-state index in [0.29, 0.717) is 6.42 Å². The molecule has 0 aromatic heterocycles. The third kappa shape index (κ3) is 19.8. The van der Waals surface area contributed by atoms with Crippen LogP contribution in [0.4, 0.5) is 0 Å². The first-order valence-corrected chi connectivity index (χ1v) is 18.3. The molecule has 0 heterocycles. The summed E-state index contributed by atoms with van der Waals surface area (Å²) >= 11 is 0. The van der Waals surface area contributed by atoms with Gasteiger partial charge in [0.1, 0.15) is 30.2 Å². The van der Waals surface area contributed by atoms with Crippen LogP contribution in [0.15, 0.2) is 0 Å². The van der Waals surface area contributed by atoms with Gasteiger partial charge in [0.05, 0.1) is 18.8 Å². The minimum atomic E-state index is -1.80. The van der Waals surface area contributed by atoms with Crippen LogP contribution in [0.1, 0.15) is 86.0 Å². The van der Waals surface area contributed by atoms with Crippen LogP contribution in [-0.2, 0) is 47.9 Å². The Balaban J connectivity index is 6.32. The molecule has 0 aliphatic heterocycles. The second-order valence-corrected chi connectivity index (χ2v) is 14.0. The standard InChI is InChI=1S/C34H59N9O14/c1-6-16(4)26(42-28(50)18(35)7-10-23(36)46)33(55)39-19(8-11-24(37)47)29(51)38-20(9-12-25(48)49)30(52)41-22(14-44)32(54)40-21(13-15(2)3)31(53)43-27(17(5)45)34(56)57/h15-22,26-27,44-45H,6-14,35H2,1-5H3,(H2,36,46)(H2,37,47)(H,38,51)(H,39,55)(H,40,54)(H,41,52)(H,42,50)(H,43,53)(H,48,49)(H,56,57)/t16-,17+,18-,19-,20-,21-,22-,26-,27-/m0/s1.